The first kappa shape index (κ1) is 21.6. The average Bonchev–Trinajstić information content (AvgIpc) is 2.78. The summed E-state index contributed by atoms with van der Waals surface area (Å²) < 4.78 is 5.14. The molecule has 2 amide bonds. The van der Waals surface area contributed by atoms with Gasteiger partial charge in [-0.2, -0.15) is 0 Å². The molecule has 0 bridgehead atoms. The lowest BCUT2D eigenvalue weighted by Gasteiger charge is -2.35. The molecule has 1 aliphatic heterocycles. The van der Waals surface area contributed by atoms with Crippen LogP contribution in [0, 0.1) is 6.92 Å². The molecule has 6 heteroatoms. The Morgan fingerprint density at radius 1 is 0.800 bits per heavy atom. The first-order valence-corrected chi connectivity index (χ1v) is 10.2. The normalized spacial score (nSPS) is 13.8. The fourth-order valence-electron chi connectivity index (χ4n) is 3.50. The lowest BCUT2D eigenvalue weighted by molar-refractivity contribution is -0.139. The van der Waals surface area contributed by atoms with Gasteiger partial charge in [0.05, 0.1) is 13.5 Å². The molecule has 1 heterocycles. The smallest absolute Gasteiger partial charge is 0.227 e. The van der Waals surface area contributed by atoms with Crippen molar-refractivity contribution in [3.05, 3.63) is 65.2 Å². The van der Waals surface area contributed by atoms with Crippen molar-refractivity contribution in [3.63, 3.8) is 0 Å². The molecule has 2 aromatic carbocycles. The molecule has 158 valence electrons. The Kier molecular flexibility index (Phi) is 7.22. The molecule has 0 aliphatic carbocycles. The summed E-state index contributed by atoms with van der Waals surface area (Å²) in [6, 6.07) is 14.9. The van der Waals surface area contributed by atoms with E-state index in [1.165, 1.54) is 0 Å². The van der Waals surface area contributed by atoms with Gasteiger partial charge in [0.15, 0.2) is 5.78 Å². The van der Waals surface area contributed by atoms with E-state index < -0.39 is 0 Å². The summed E-state index contributed by atoms with van der Waals surface area (Å²) in [7, 11) is 1.61. The number of ether oxygens (including phenoxy) is 1. The van der Waals surface area contributed by atoms with Crippen molar-refractivity contribution in [2.75, 3.05) is 33.3 Å². The highest BCUT2D eigenvalue weighted by Crippen LogP contribution is 2.14. The predicted octanol–water partition coefficient (Wildman–Crippen LogP) is 2.88. The van der Waals surface area contributed by atoms with Gasteiger partial charge in [-0.1, -0.05) is 42.0 Å². The van der Waals surface area contributed by atoms with Crippen LogP contribution in [0.25, 0.3) is 0 Å². The van der Waals surface area contributed by atoms with Crippen LogP contribution in [0.5, 0.6) is 5.75 Å². The highest BCUT2D eigenvalue weighted by Gasteiger charge is 2.24. The maximum absolute atomic E-state index is 12.5. The van der Waals surface area contributed by atoms with E-state index in [9.17, 15) is 14.4 Å². The van der Waals surface area contributed by atoms with Crippen molar-refractivity contribution < 1.29 is 19.1 Å². The van der Waals surface area contributed by atoms with Gasteiger partial charge in [-0.3, -0.25) is 14.4 Å². The molecular formula is C24H28N2O4. The SMILES string of the molecule is COc1ccc(CC(=O)N2CCN(C(=O)CCC(=O)c3ccc(C)cc3)CC2)cc1. The van der Waals surface area contributed by atoms with Gasteiger partial charge in [0.2, 0.25) is 11.8 Å². The molecule has 1 fully saturated rings. The number of carbonyl (C=O) groups excluding carboxylic acids is 3. The average molecular weight is 408 g/mol. The molecule has 1 saturated heterocycles. The van der Waals surface area contributed by atoms with E-state index in [4.69, 9.17) is 4.74 Å². The van der Waals surface area contributed by atoms with Crippen molar-refractivity contribution in [2.45, 2.75) is 26.2 Å². The van der Waals surface area contributed by atoms with Crippen LogP contribution in [0.15, 0.2) is 48.5 Å². The van der Waals surface area contributed by atoms with Crippen LogP contribution in [-0.2, 0) is 16.0 Å². The van der Waals surface area contributed by atoms with Crippen molar-refractivity contribution >= 4 is 17.6 Å². The molecular weight excluding hydrogens is 380 g/mol. The number of benzene rings is 2. The summed E-state index contributed by atoms with van der Waals surface area (Å²) in [5.41, 5.74) is 2.68. The predicted molar refractivity (Wildman–Crippen MR) is 115 cm³/mol. The van der Waals surface area contributed by atoms with Crippen LogP contribution in [0.4, 0.5) is 0 Å². The van der Waals surface area contributed by atoms with Crippen LogP contribution in [0.1, 0.15) is 34.3 Å². The first-order chi connectivity index (χ1) is 14.5. The Morgan fingerprint density at radius 3 is 1.93 bits per heavy atom. The molecule has 0 radical (unpaired) electrons. The lowest BCUT2D eigenvalue weighted by Crippen LogP contribution is -2.51. The van der Waals surface area contributed by atoms with Gasteiger partial charge in [0.25, 0.3) is 0 Å². The van der Waals surface area contributed by atoms with E-state index >= 15 is 0 Å². The van der Waals surface area contributed by atoms with Crippen LogP contribution >= 0.6 is 0 Å². The van der Waals surface area contributed by atoms with Crippen LogP contribution in [-0.4, -0.2) is 60.7 Å². The number of ketones is 1. The molecule has 0 spiro atoms. The number of Topliss-reactive ketones (excluding diaryl/α,β-unsaturated/α-hetero) is 1. The summed E-state index contributed by atoms with van der Waals surface area (Å²) in [6.45, 7) is 4.02. The number of hydrogen-bond donors (Lipinski definition) is 0. The second kappa shape index (κ2) is 10.1. The van der Waals surface area contributed by atoms with E-state index in [0.29, 0.717) is 38.2 Å². The third kappa shape index (κ3) is 5.69. The zero-order valence-electron chi connectivity index (χ0n) is 17.6. The number of hydrogen-bond acceptors (Lipinski definition) is 4. The molecule has 0 N–H and O–H groups in total. The number of rotatable bonds is 7. The minimum atomic E-state index is -0.0299. The Balaban J connectivity index is 1.42. The van der Waals surface area contributed by atoms with Crippen LogP contribution < -0.4 is 4.74 Å². The highest BCUT2D eigenvalue weighted by atomic mass is 16.5. The quantitative estimate of drug-likeness (QED) is 0.661. The summed E-state index contributed by atoms with van der Waals surface area (Å²) in [5, 5.41) is 0. The molecule has 6 nitrogen and oxygen atoms in total. The highest BCUT2D eigenvalue weighted by molar-refractivity contribution is 5.98. The molecule has 0 aromatic heterocycles. The van der Waals surface area contributed by atoms with Gasteiger partial charge in [0.1, 0.15) is 5.75 Å². The molecule has 3 rings (SSSR count). The van der Waals surface area contributed by atoms with Gasteiger partial charge in [0, 0.05) is 44.6 Å². The van der Waals surface area contributed by atoms with Gasteiger partial charge < -0.3 is 14.5 Å². The number of aryl methyl sites for hydroxylation is 1. The van der Waals surface area contributed by atoms with Gasteiger partial charge in [-0.15, -0.1) is 0 Å². The second-order valence-corrected chi connectivity index (χ2v) is 7.58. The maximum Gasteiger partial charge on any atom is 0.227 e. The molecule has 2 aromatic rings. The standard InChI is InChI=1S/C24H28N2O4/c1-18-3-7-20(8-4-18)22(27)11-12-23(28)25-13-15-26(16-14-25)24(29)17-19-5-9-21(30-2)10-6-19/h3-10H,11-17H2,1-2H3. The van der Waals surface area contributed by atoms with E-state index in [0.717, 1.165) is 16.9 Å². The van der Waals surface area contributed by atoms with E-state index in [-0.39, 0.29) is 30.4 Å². The number of amides is 2. The summed E-state index contributed by atoms with van der Waals surface area (Å²) >= 11 is 0. The topological polar surface area (TPSA) is 66.9 Å². The molecule has 0 unspecified atom stereocenters. The molecule has 1 aliphatic rings. The van der Waals surface area contributed by atoms with Gasteiger partial charge in [-0.05, 0) is 24.6 Å². The Labute approximate surface area is 177 Å². The fourth-order valence-corrected chi connectivity index (χ4v) is 3.50. The first-order valence-electron chi connectivity index (χ1n) is 10.2. The monoisotopic (exact) mass is 408 g/mol. The van der Waals surface area contributed by atoms with Crippen molar-refractivity contribution in [3.8, 4) is 5.75 Å². The minimum absolute atomic E-state index is 0.0170. The summed E-state index contributed by atoms with van der Waals surface area (Å²) in [4.78, 5) is 40.8. The fraction of sp³-hybridized carbons (Fsp3) is 0.375. The van der Waals surface area contributed by atoms with Crippen LogP contribution in [0.3, 0.4) is 0 Å². The summed E-state index contributed by atoms with van der Waals surface area (Å²) in [5.74, 6) is 0.773. The zero-order chi connectivity index (χ0) is 21.5. The Morgan fingerprint density at radius 2 is 1.37 bits per heavy atom. The van der Waals surface area contributed by atoms with Crippen LogP contribution in [0.2, 0.25) is 0 Å². The maximum atomic E-state index is 12.5. The van der Waals surface area contributed by atoms with Gasteiger partial charge in [-0.25, -0.2) is 0 Å². The van der Waals surface area contributed by atoms with Crippen molar-refractivity contribution in [2.24, 2.45) is 0 Å². The number of nitrogens with zero attached hydrogens (tertiary/aromatic N) is 2. The Hall–Kier alpha value is -3.15. The minimum Gasteiger partial charge on any atom is -0.497 e. The van der Waals surface area contributed by atoms with E-state index in [1.807, 2.05) is 43.3 Å². The van der Waals surface area contributed by atoms with E-state index in [2.05, 4.69) is 0 Å². The molecule has 0 atom stereocenters. The number of piperazine rings is 1. The van der Waals surface area contributed by atoms with Crippen molar-refractivity contribution in [1.82, 2.24) is 9.80 Å². The van der Waals surface area contributed by atoms with Crippen molar-refractivity contribution in [1.29, 1.82) is 0 Å². The zero-order valence-corrected chi connectivity index (χ0v) is 17.6. The third-order valence-corrected chi connectivity index (χ3v) is 5.44. The molecule has 0 saturated carbocycles. The third-order valence-electron chi connectivity index (χ3n) is 5.44. The summed E-state index contributed by atoms with van der Waals surface area (Å²) in [6.07, 6.45) is 0.744. The number of carbonyl (C=O) groups is 3. The Bertz CT molecular complexity index is 882. The number of methoxy groups -OCH3 is 1. The lowest BCUT2D eigenvalue weighted by atomic mass is 10.0. The largest absolute Gasteiger partial charge is 0.497 e. The van der Waals surface area contributed by atoms with Gasteiger partial charge >= 0.3 is 0 Å². The molecule has 30 heavy (non-hydrogen) atoms. The second-order valence-electron chi connectivity index (χ2n) is 7.58. The van der Waals surface area contributed by atoms with E-state index in [1.54, 1.807) is 29.0 Å².